The van der Waals surface area contributed by atoms with Crippen molar-refractivity contribution in [1.82, 2.24) is 14.4 Å². The van der Waals surface area contributed by atoms with E-state index < -0.39 is 22.9 Å². The van der Waals surface area contributed by atoms with Crippen molar-refractivity contribution in [2.24, 2.45) is 0 Å². The van der Waals surface area contributed by atoms with Gasteiger partial charge in [-0.2, -0.15) is 13.2 Å². The molecule has 0 fully saturated rings. The van der Waals surface area contributed by atoms with Crippen LogP contribution in [0.1, 0.15) is 26.5 Å². The highest BCUT2D eigenvalue weighted by Gasteiger charge is 2.30. The molecule has 0 radical (unpaired) electrons. The number of carbonyl (C=O) groups is 2. The molecule has 25 heavy (non-hydrogen) atoms. The Bertz CT molecular complexity index is 967. The van der Waals surface area contributed by atoms with Crippen LogP contribution in [0.5, 0.6) is 0 Å². The highest BCUT2D eigenvalue weighted by molar-refractivity contribution is 6.67. The number of alkyl halides is 3. The Hall–Kier alpha value is -2.94. The van der Waals surface area contributed by atoms with Crippen molar-refractivity contribution in [3.63, 3.8) is 0 Å². The molecule has 0 atom stereocenters. The van der Waals surface area contributed by atoms with Crippen LogP contribution in [-0.4, -0.2) is 25.5 Å². The number of hydrogen-bond donors (Lipinski definition) is 1. The molecule has 1 amide bonds. The molecular formula is C15H8ClF3N4O2. The van der Waals surface area contributed by atoms with Gasteiger partial charge in [-0.1, -0.05) is 0 Å². The summed E-state index contributed by atoms with van der Waals surface area (Å²) < 4.78 is 38.9. The molecule has 3 aromatic rings. The molecule has 1 N–H and O–H groups in total. The number of amides is 1. The molecule has 3 rings (SSSR count). The molecule has 0 saturated heterocycles. The third-order valence-electron chi connectivity index (χ3n) is 3.30. The number of nitrogens with zero attached hydrogens (tertiary/aromatic N) is 3. The lowest BCUT2D eigenvalue weighted by Crippen LogP contribution is -2.15. The van der Waals surface area contributed by atoms with Crippen LogP contribution >= 0.6 is 11.6 Å². The van der Waals surface area contributed by atoms with E-state index in [4.69, 9.17) is 11.6 Å². The molecule has 1 aromatic carbocycles. The first-order valence-corrected chi connectivity index (χ1v) is 7.15. The number of anilines is 1. The summed E-state index contributed by atoms with van der Waals surface area (Å²) in [6.07, 6.45) is -0.690. The average molecular weight is 369 g/mol. The largest absolute Gasteiger partial charge is 0.416 e. The normalized spacial score (nSPS) is 11.5. The van der Waals surface area contributed by atoms with Crippen molar-refractivity contribution in [2.45, 2.75) is 6.18 Å². The highest BCUT2D eigenvalue weighted by Crippen LogP contribution is 2.29. The summed E-state index contributed by atoms with van der Waals surface area (Å²) in [4.78, 5) is 31.2. The van der Waals surface area contributed by atoms with Crippen LogP contribution in [0.25, 0.3) is 5.65 Å². The maximum absolute atomic E-state index is 12.5. The van der Waals surface area contributed by atoms with E-state index in [1.165, 1.54) is 23.0 Å². The van der Waals surface area contributed by atoms with Gasteiger partial charge in [0, 0.05) is 11.9 Å². The fourth-order valence-electron chi connectivity index (χ4n) is 2.10. The van der Waals surface area contributed by atoms with E-state index in [9.17, 15) is 22.8 Å². The van der Waals surface area contributed by atoms with Gasteiger partial charge < -0.3 is 5.32 Å². The van der Waals surface area contributed by atoms with Crippen LogP contribution in [0.3, 0.4) is 0 Å². The average Bonchev–Trinajstić information content (AvgIpc) is 2.97. The second-order valence-electron chi connectivity index (χ2n) is 4.95. The number of benzene rings is 1. The van der Waals surface area contributed by atoms with E-state index in [0.717, 1.165) is 24.3 Å². The fraction of sp³-hybridized carbons (Fsp3) is 0.0667. The van der Waals surface area contributed by atoms with Crippen LogP contribution < -0.4 is 5.32 Å². The second kappa shape index (κ2) is 6.17. The van der Waals surface area contributed by atoms with Crippen molar-refractivity contribution < 1.29 is 22.8 Å². The Balaban J connectivity index is 1.87. The first kappa shape index (κ1) is 16.9. The number of carbonyl (C=O) groups excluding carboxylic acids is 2. The quantitative estimate of drug-likeness (QED) is 0.719. The Morgan fingerprint density at radius 1 is 1.08 bits per heavy atom. The molecule has 0 aliphatic carbocycles. The number of halogens is 4. The Labute approximate surface area is 143 Å². The van der Waals surface area contributed by atoms with Gasteiger partial charge >= 0.3 is 6.18 Å². The third-order valence-corrected chi connectivity index (χ3v) is 3.49. The topological polar surface area (TPSA) is 76.4 Å². The fourth-order valence-corrected chi connectivity index (χ4v) is 2.19. The maximum atomic E-state index is 12.5. The number of nitrogens with one attached hydrogen (secondary N) is 1. The highest BCUT2D eigenvalue weighted by atomic mass is 35.5. The van der Waals surface area contributed by atoms with Gasteiger partial charge in [0.15, 0.2) is 5.65 Å². The predicted molar refractivity (Wildman–Crippen MR) is 82.6 cm³/mol. The number of aromatic nitrogens is 3. The standard InChI is InChI=1S/C15H8ClF3N4O2/c16-13(24)10-7-23-11(5-21-12(23)6-20-10)14(25)22-9-3-1-8(2-4-9)15(17,18)19/h1-7H,(H,22,25). The van der Waals surface area contributed by atoms with Crippen molar-refractivity contribution >= 4 is 34.1 Å². The lowest BCUT2D eigenvalue weighted by molar-refractivity contribution is -0.137. The minimum Gasteiger partial charge on any atom is -0.321 e. The molecule has 6 nitrogen and oxygen atoms in total. The van der Waals surface area contributed by atoms with Crippen LogP contribution in [-0.2, 0) is 6.18 Å². The van der Waals surface area contributed by atoms with Gasteiger partial charge in [0.2, 0.25) is 0 Å². The van der Waals surface area contributed by atoms with E-state index >= 15 is 0 Å². The first-order chi connectivity index (χ1) is 11.8. The number of fused-ring (bicyclic) bond motifs is 1. The van der Waals surface area contributed by atoms with Crippen molar-refractivity contribution in [1.29, 1.82) is 0 Å². The van der Waals surface area contributed by atoms with Gasteiger partial charge in [-0.05, 0) is 35.9 Å². The molecule has 10 heteroatoms. The number of imidazole rings is 1. The molecule has 0 spiro atoms. The number of hydrogen-bond acceptors (Lipinski definition) is 4. The zero-order chi connectivity index (χ0) is 18.2. The minimum atomic E-state index is -4.46. The lowest BCUT2D eigenvalue weighted by Gasteiger charge is -2.08. The summed E-state index contributed by atoms with van der Waals surface area (Å²) in [5, 5.41) is 1.66. The van der Waals surface area contributed by atoms with E-state index in [-0.39, 0.29) is 17.1 Å². The van der Waals surface area contributed by atoms with Crippen LogP contribution in [0.15, 0.2) is 42.9 Å². The molecule has 0 unspecified atom stereocenters. The van der Waals surface area contributed by atoms with Gasteiger partial charge in [0.05, 0.1) is 18.0 Å². The lowest BCUT2D eigenvalue weighted by atomic mass is 10.2. The SMILES string of the molecule is O=C(Cl)c1cn2c(C(=O)Nc3ccc(C(F)(F)F)cc3)cnc2cn1. The summed E-state index contributed by atoms with van der Waals surface area (Å²) in [5.41, 5.74) is -0.348. The van der Waals surface area contributed by atoms with Crippen molar-refractivity contribution in [3.8, 4) is 0 Å². The molecule has 0 saturated carbocycles. The van der Waals surface area contributed by atoms with Gasteiger partial charge in [-0.25, -0.2) is 9.97 Å². The molecule has 0 aliphatic heterocycles. The summed E-state index contributed by atoms with van der Waals surface area (Å²) in [5.74, 6) is -0.619. The zero-order valence-corrected chi connectivity index (χ0v) is 13.0. The van der Waals surface area contributed by atoms with Gasteiger partial charge in [-0.15, -0.1) is 0 Å². The maximum Gasteiger partial charge on any atom is 0.416 e. The van der Waals surface area contributed by atoms with Gasteiger partial charge in [0.25, 0.3) is 11.1 Å². The van der Waals surface area contributed by atoms with Gasteiger partial charge in [-0.3, -0.25) is 14.0 Å². The zero-order valence-electron chi connectivity index (χ0n) is 12.2. The first-order valence-electron chi connectivity index (χ1n) is 6.77. The van der Waals surface area contributed by atoms with Crippen LogP contribution in [0.2, 0.25) is 0 Å². The predicted octanol–water partition coefficient (Wildman–Crippen LogP) is 3.38. The molecule has 128 valence electrons. The molecule has 0 aliphatic rings. The van der Waals surface area contributed by atoms with Crippen molar-refractivity contribution in [2.75, 3.05) is 5.32 Å². The summed E-state index contributed by atoms with van der Waals surface area (Å²) in [7, 11) is 0. The third kappa shape index (κ3) is 3.45. The van der Waals surface area contributed by atoms with Gasteiger partial charge in [0.1, 0.15) is 11.4 Å². The smallest absolute Gasteiger partial charge is 0.321 e. The monoisotopic (exact) mass is 368 g/mol. The summed E-state index contributed by atoms with van der Waals surface area (Å²) in [6.45, 7) is 0. The molecular weight excluding hydrogens is 361 g/mol. The van der Waals surface area contributed by atoms with Crippen molar-refractivity contribution in [3.05, 3.63) is 59.8 Å². The molecule has 2 aromatic heterocycles. The van der Waals surface area contributed by atoms with E-state index in [1.807, 2.05) is 0 Å². The Morgan fingerprint density at radius 2 is 1.76 bits per heavy atom. The minimum absolute atomic E-state index is 0.0662. The van der Waals surface area contributed by atoms with Crippen LogP contribution in [0, 0.1) is 0 Å². The Kier molecular flexibility index (Phi) is 4.17. The van der Waals surface area contributed by atoms with E-state index in [0.29, 0.717) is 5.65 Å². The summed E-state index contributed by atoms with van der Waals surface area (Å²) in [6, 6.07) is 4.00. The Morgan fingerprint density at radius 3 is 2.36 bits per heavy atom. The van der Waals surface area contributed by atoms with E-state index in [1.54, 1.807) is 0 Å². The van der Waals surface area contributed by atoms with Crippen LogP contribution in [0.4, 0.5) is 18.9 Å². The molecule has 0 bridgehead atoms. The number of rotatable bonds is 3. The second-order valence-corrected chi connectivity index (χ2v) is 5.29. The van der Waals surface area contributed by atoms with E-state index in [2.05, 4.69) is 15.3 Å². The summed E-state index contributed by atoms with van der Waals surface area (Å²) >= 11 is 5.36. The molecule has 2 heterocycles.